The molecule has 0 heterocycles. The van der Waals surface area contributed by atoms with E-state index in [0.29, 0.717) is 6.42 Å². The lowest BCUT2D eigenvalue weighted by molar-refractivity contribution is -0.159. The fraction of sp³-hybridized carbons (Fsp3) is 0.250. The summed E-state index contributed by atoms with van der Waals surface area (Å²) in [7, 11) is 0. The molecule has 0 spiro atoms. The number of carbonyl (C=O) groups excluding carboxylic acids is 2. The van der Waals surface area contributed by atoms with E-state index in [1.165, 1.54) is 0 Å². The zero-order chi connectivity index (χ0) is 24.6. The Bertz CT molecular complexity index is 1150. The van der Waals surface area contributed by atoms with E-state index in [-0.39, 0.29) is 32.1 Å². The van der Waals surface area contributed by atoms with Crippen LogP contribution in [0.4, 0.5) is 4.79 Å². The molecular formula is C28H27NO6. The second-order valence-electron chi connectivity index (χ2n) is 8.38. The third kappa shape index (κ3) is 5.87. The summed E-state index contributed by atoms with van der Waals surface area (Å²) in [5.74, 6) is -3.45. The van der Waals surface area contributed by atoms with E-state index in [2.05, 4.69) is 5.32 Å². The summed E-state index contributed by atoms with van der Waals surface area (Å²) in [6.45, 7) is 0.402. The lowest BCUT2D eigenvalue weighted by Crippen LogP contribution is -2.30. The molecule has 4 rings (SSSR count). The third-order valence-electron chi connectivity index (χ3n) is 6.09. The molecule has 0 bridgehead atoms. The number of carboxylic acid groups (broad SMARTS) is 1. The quantitative estimate of drug-likeness (QED) is 0.250. The van der Waals surface area contributed by atoms with Crippen molar-refractivity contribution in [1.29, 1.82) is 0 Å². The van der Waals surface area contributed by atoms with Gasteiger partial charge in [0.1, 0.15) is 13.2 Å². The van der Waals surface area contributed by atoms with Gasteiger partial charge in [-0.1, -0.05) is 78.9 Å². The van der Waals surface area contributed by atoms with Crippen molar-refractivity contribution in [1.82, 2.24) is 5.32 Å². The Labute approximate surface area is 203 Å². The molecular weight excluding hydrogens is 446 g/mol. The predicted molar refractivity (Wildman–Crippen MR) is 130 cm³/mol. The van der Waals surface area contributed by atoms with Gasteiger partial charge in [-0.2, -0.15) is 0 Å². The molecule has 7 nitrogen and oxygen atoms in total. The van der Waals surface area contributed by atoms with Crippen LogP contribution < -0.4 is 5.32 Å². The number of rotatable bonds is 10. The lowest BCUT2D eigenvalue weighted by Gasteiger charge is -2.17. The van der Waals surface area contributed by atoms with Gasteiger partial charge in [-0.05, 0) is 40.7 Å². The van der Waals surface area contributed by atoms with Crippen molar-refractivity contribution in [2.45, 2.75) is 25.4 Å². The molecule has 180 valence electrons. The third-order valence-corrected chi connectivity index (χ3v) is 6.09. The molecule has 0 saturated heterocycles. The summed E-state index contributed by atoms with van der Waals surface area (Å²) in [5.41, 5.74) is 5.19. The second kappa shape index (κ2) is 11.3. The SMILES string of the molecule is O=C(NCCCC(C(=O)O)C(=O)OCC1c2ccccc2-c2ccccc21)OCc1ccccc1. The number of hydrogen-bond donors (Lipinski definition) is 2. The van der Waals surface area contributed by atoms with E-state index in [4.69, 9.17) is 9.47 Å². The van der Waals surface area contributed by atoms with Gasteiger partial charge < -0.3 is 19.9 Å². The van der Waals surface area contributed by atoms with Crippen molar-refractivity contribution in [2.75, 3.05) is 13.2 Å². The smallest absolute Gasteiger partial charge is 0.407 e. The van der Waals surface area contributed by atoms with Crippen molar-refractivity contribution in [2.24, 2.45) is 5.92 Å². The number of hydrogen-bond acceptors (Lipinski definition) is 5. The van der Waals surface area contributed by atoms with Gasteiger partial charge in [0.25, 0.3) is 0 Å². The average molecular weight is 474 g/mol. The van der Waals surface area contributed by atoms with Crippen LogP contribution in [0, 0.1) is 5.92 Å². The lowest BCUT2D eigenvalue weighted by atomic mass is 9.98. The highest BCUT2D eigenvalue weighted by Gasteiger charge is 2.32. The number of nitrogens with one attached hydrogen (secondary N) is 1. The van der Waals surface area contributed by atoms with Crippen molar-refractivity contribution in [3.05, 3.63) is 95.6 Å². The van der Waals surface area contributed by atoms with Gasteiger partial charge in [0.05, 0.1) is 0 Å². The second-order valence-corrected chi connectivity index (χ2v) is 8.38. The summed E-state index contributed by atoms with van der Waals surface area (Å²) >= 11 is 0. The van der Waals surface area contributed by atoms with Crippen LogP contribution >= 0.6 is 0 Å². The van der Waals surface area contributed by atoms with E-state index in [1.807, 2.05) is 78.9 Å². The molecule has 0 aliphatic heterocycles. The number of amides is 1. The first-order chi connectivity index (χ1) is 17.0. The number of esters is 1. The molecule has 1 unspecified atom stereocenters. The molecule has 3 aromatic rings. The first kappa shape index (κ1) is 24.0. The molecule has 1 amide bonds. The maximum Gasteiger partial charge on any atom is 0.407 e. The molecule has 0 fully saturated rings. The van der Waals surface area contributed by atoms with Crippen molar-refractivity contribution in [3.8, 4) is 11.1 Å². The normalized spacial score (nSPS) is 12.8. The number of ether oxygens (including phenoxy) is 2. The fourth-order valence-corrected chi connectivity index (χ4v) is 4.32. The molecule has 35 heavy (non-hydrogen) atoms. The maximum absolute atomic E-state index is 12.6. The van der Waals surface area contributed by atoms with E-state index in [1.54, 1.807) is 0 Å². The number of fused-ring (bicyclic) bond motifs is 3. The Morgan fingerprint density at radius 1 is 0.829 bits per heavy atom. The maximum atomic E-state index is 12.6. The fourth-order valence-electron chi connectivity index (χ4n) is 4.32. The summed E-state index contributed by atoms with van der Waals surface area (Å²) in [6, 6.07) is 25.2. The predicted octanol–water partition coefficient (Wildman–Crippen LogP) is 4.75. The van der Waals surface area contributed by atoms with Gasteiger partial charge in [-0.25, -0.2) is 4.79 Å². The Morgan fingerprint density at radius 2 is 1.43 bits per heavy atom. The largest absolute Gasteiger partial charge is 0.481 e. The van der Waals surface area contributed by atoms with Crippen molar-refractivity contribution < 1.29 is 29.0 Å². The zero-order valence-corrected chi connectivity index (χ0v) is 19.2. The Morgan fingerprint density at radius 3 is 2.06 bits per heavy atom. The number of carbonyl (C=O) groups is 3. The van der Waals surface area contributed by atoms with Crippen LogP contribution in [0.25, 0.3) is 11.1 Å². The van der Waals surface area contributed by atoms with Crippen LogP contribution in [0.2, 0.25) is 0 Å². The van der Waals surface area contributed by atoms with E-state index < -0.39 is 23.9 Å². The van der Waals surface area contributed by atoms with E-state index in [9.17, 15) is 19.5 Å². The summed E-state index contributed by atoms with van der Waals surface area (Å²) in [5, 5.41) is 12.1. The molecule has 2 N–H and O–H groups in total. The Kier molecular flexibility index (Phi) is 7.77. The van der Waals surface area contributed by atoms with Crippen molar-refractivity contribution in [3.63, 3.8) is 0 Å². The van der Waals surface area contributed by atoms with Crippen LogP contribution in [0.5, 0.6) is 0 Å². The van der Waals surface area contributed by atoms with Crippen LogP contribution in [0.3, 0.4) is 0 Å². The minimum absolute atomic E-state index is 0.0466. The highest BCUT2D eigenvalue weighted by atomic mass is 16.5. The number of benzene rings is 3. The molecule has 0 saturated carbocycles. The summed E-state index contributed by atoms with van der Waals surface area (Å²) in [6.07, 6.45) is -0.256. The standard InChI is InChI=1S/C28H27NO6/c30-26(31)24(15-8-16-29-28(33)35-17-19-9-2-1-3-10-19)27(32)34-18-25-22-13-6-4-11-20(22)21-12-5-7-14-23(21)25/h1-7,9-14,24-25H,8,15-18H2,(H,29,33)(H,30,31). The first-order valence-electron chi connectivity index (χ1n) is 11.6. The number of carboxylic acids is 1. The van der Waals surface area contributed by atoms with E-state index in [0.717, 1.165) is 27.8 Å². The molecule has 1 aliphatic rings. The molecule has 1 atom stereocenters. The topological polar surface area (TPSA) is 102 Å². The van der Waals surface area contributed by atoms with Gasteiger partial charge in [-0.3, -0.25) is 9.59 Å². The Balaban J connectivity index is 1.25. The number of aliphatic carboxylic acids is 1. The van der Waals surface area contributed by atoms with Crippen LogP contribution in [0.15, 0.2) is 78.9 Å². The zero-order valence-electron chi connectivity index (χ0n) is 19.2. The average Bonchev–Trinajstić information content (AvgIpc) is 3.20. The minimum atomic E-state index is -1.30. The molecule has 7 heteroatoms. The monoisotopic (exact) mass is 473 g/mol. The van der Waals surface area contributed by atoms with Crippen LogP contribution in [-0.4, -0.2) is 36.3 Å². The molecule has 1 aliphatic carbocycles. The highest BCUT2D eigenvalue weighted by Crippen LogP contribution is 2.44. The van der Waals surface area contributed by atoms with Gasteiger partial charge in [0, 0.05) is 12.5 Å². The van der Waals surface area contributed by atoms with Gasteiger partial charge in [-0.15, -0.1) is 0 Å². The van der Waals surface area contributed by atoms with Gasteiger partial charge >= 0.3 is 18.0 Å². The summed E-state index contributed by atoms with van der Waals surface area (Å²) < 4.78 is 10.6. The highest BCUT2D eigenvalue weighted by molar-refractivity contribution is 5.94. The van der Waals surface area contributed by atoms with E-state index >= 15 is 0 Å². The van der Waals surface area contributed by atoms with Gasteiger partial charge in [0.2, 0.25) is 0 Å². The summed E-state index contributed by atoms with van der Waals surface area (Å²) in [4.78, 5) is 36.2. The number of alkyl carbamates (subject to hydrolysis) is 1. The Hall–Kier alpha value is -4.13. The molecule has 0 aromatic heterocycles. The van der Waals surface area contributed by atoms with Crippen LogP contribution in [-0.2, 0) is 25.7 Å². The van der Waals surface area contributed by atoms with Crippen molar-refractivity contribution >= 4 is 18.0 Å². The molecule has 3 aromatic carbocycles. The minimum Gasteiger partial charge on any atom is -0.481 e. The first-order valence-corrected chi connectivity index (χ1v) is 11.6. The molecule has 0 radical (unpaired) electrons. The van der Waals surface area contributed by atoms with Crippen LogP contribution in [0.1, 0.15) is 35.4 Å². The van der Waals surface area contributed by atoms with Gasteiger partial charge in [0.15, 0.2) is 5.92 Å².